The number of rotatable bonds is 6. The maximum Gasteiger partial charge on any atom is 0.414 e. The number of anilines is 3. The average molecular weight is 560 g/mol. The Morgan fingerprint density at radius 3 is 2.44 bits per heavy atom. The van der Waals surface area contributed by atoms with Crippen LogP contribution in [0.4, 0.5) is 22.2 Å². The van der Waals surface area contributed by atoms with Gasteiger partial charge in [0.2, 0.25) is 5.95 Å². The predicted octanol–water partition coefficient (Wildman–Crippen LogP) is 5.63. The molecule has 1 aromatic carbocycles. The zero-order chi connectivity index (χ0) is 30.2. The molecular formula is C30H37N7O4. The van der Waals surface area contributed by atoms with Gasteiger partial charge in [-0.05, 0) is 71.7 Å². The second kappa shape index (κ2) is 10.8. The van der Waals surface area contributed by atoms with Crippen LogP contribution < -0.4 is 10.2 Å². The number of aryl methyl sites for hydroxylation is 1. The van der Waals surface area contributed by atoms with Gasteiger partial charge in [-0.25, -0.2) is 14.8 Å². The molecule has 1 amide bonds. The summed E-state index contributed by atoms with van der Waals surface area (Å²) in [4.78, 5) is 36.5. The predicted molar refractivity (Wildman–Crippen MR) is 155 cm³/mol. The van der Waals surface area contributed by atoms with Gasteiger partial charge in [-0.1, -0.05) is 6.92 Å². The maximum atomic E-state index is 13.3. The van der Waals surface area contributed by atoms with E-state index in [1.807, 2.05) is 40.8 Å². The topological polar surface area (TPSA) is 135 Å². The normalized spacial score (nSPS) is 16.6. The van der Waals surface area contributed by atoms with Crippen LogP contribution >= 0.6 is 0 Å². The molecule has 1 atom stereocenters. The number of nitrogens with zero attached hydrogens (tertiary/aromatic N) is 6. The summed E-state index contributed by atoms with van der Waals surface area (Å²) in [7, 11) is 1.82. The molecule has 1 N–H and O–H groups in total. The molecule has 4 rings (SSSR count). The van der Waals surface area contributed by atoms with E-state index in [-0.39, 0.29) is 18.9 Å². The van der Waals surface area contributed by atoms with E-state index in [0.29, 0.717) is 40.7 Å². The van der Waals surface area contributed by atoms with Gasteiger partial charge in [0.05, 0.1) is 16.9 Å². The maximum absolute atomic E-state index is 13.3. The largest absolute Gasteiger partial charge is 0.460 e. The number of benzene rings is 1. The van der Waals surface area contributed by atoms with Crippen molar-refractivity contribution in [1.82, 2.24) is 19.7 Å². The summed E-state index contributed by atoms with van der Waals surface area (Å²) in [6.45, 7) is 13.1. The third-order valence-electron chi connectivity index (χ3n) is 6.48. The van der Waals surface area contributed by atoms with Gasteiger partial charge in [-0.3, -0.25) is 14.4 Å². The lowest BCUT2D eigenvalue weighted by molar-refractivity contribution is -0.155. The molecule has 11 heteroatoms. The van der Waals surface area contributed by atoms with E-state index < -0.39 is 22.7 Å². The van der Waals surface area contributed by atoms with E-state index in [1.54, 1.807) is 56.0 Å². The Bertz CT molecular complexity index is 1510. The molecule has 0 saturated carbocycles. The smallest absolute Gasteiger partial charge is 0.414 e. The minimum Gasteiger partial charge on any atom is -0.460 e. The van der Waals surface area contributed by atoms with E-state index in [2.05, 4.69) is 26.5 Å². The lowest BCUT2D eigenvalue weighted by Gasteiger charge is -2.28. The van der Waals surface area contributed by atoms with Crippen LogP contribution in [0.15, 0.2) is 36.7 Å². The lowest BCUT2D eigenvalue weighted by atomic mass is 9.79. The zero-order valence-electron chi connectivity index (χ0n) is 24.9. The molecule has 0 aliphatic carbocycles. The van der Waals surface area contributed by atoms with Crippen LogP contribution in [0.1, 0.15) is 72.4 Å². The van der Waals surface area contributed by atoms with E-state index in [0.717, 1.165) is 5.56 Å². The first-order chi connectivity index (χ1) is 19.1. The molecule has 0 fully saturated rings. The number of hydrogen-bond donors (Lipinski definition) is 1. The summed E-state index contributed by atoms with van der Waals surface area (Å²) in [5.41, 5.74) is 0.830. The molecule has 1 aliphatic rings. The first-order valence-electron chi connectivity index (χ1n) is 13.5. The van der Waals surface area contributed by atoms with Crippen molar-refractivity contribution in [3.8, 4) is 17.3 Å². The van der Waals surface area contributed by atoms with E-state index >= 15 is 0 Å². The van der Waals surface area contributed by atoms with Crippen molar-refractivity contribution < 1.29 is 19.1 Å². The third-order valence-corrected chi connectivity index (χ3v) is 6.48. The van der Waals surface area contributed by atoms with Crippen LogP contribution in [0.5, 0.6) is 0 Å². The molecule has 0 saturated heterocycles. The van der Waals surface area contributed by atoms with E-state index in [9.17, 15) is 14.9 Å². The van der Waals surface area contributed by atoms with Crippen LogP contribution in [-0.2, 0) is 26.7 Å². The first kappa shape index (κ1) is 29.5. The van der Waals surface area contributed by atoms with Crippen LogP contribution in [0, 0.1) is 11.3 Å². The van der Waals surface area contributed by atoms with Crippen LogP contribution in [0.2, 0.25) is 0 Å². The number of nitrogens with one attached hydrogen (secondary N) is 1. The number of esters is 1. The van der Waals surface area contributed by atoms with Crippen LogP contribution in [-0.4, -0.2) is 49.6 Å². The SMILES string of the molecule is Cn1ccc(Nc2nccc(-c3cc(C#N)c4c(c3)[C@@](C)(CCC(=O)OC(C)(C)C)CN4C(=O)OC(C)(C)C)n2)n1. The second-order valence-corrected chi connectivity index (χ2v) is 12.5. The highest BCUT2D eigenvalue weighted by Crippen LogP contribution is 2.47. The van der Waals surface area contributed by atoms with Crippen molar-refractivity contribution in [1.29, 1.82) is 5.26 Å². The lowest BCUT2D eigenvalue weighted by Crippen LogP contribution is -2.39. The van der Waals surface area contributed by atoms with Gasteiger partial charge < -0.3 is 14.8 Å². The Kier molecular flexibility index (Phi) is 7.81. The fourth-order valence-corrected chi connectivity index (χ4v) is 4.76. The molecule has 0 bridgehead atoms. The number of amides is 1. The third kappa shape index (κ3) is 7.01. The number of carbonyl (C=O) groups excluding carboxylic acids is 2. The Morgan fingerprint density at radius 2 is 1.83 bits per heavy atom. The number of fused-ring (bicyclic) bond motifs is 1. The number of nitriles is 1. The van der Waals surface area contributed by atoms with Gasteiger partial charge >= 0.3 is 12.1 Å². The van der Waals surface area contributed by atoms with Crippen molar-refractivity contribution in [2.24, 2.45) is 7.05 Å². The first-order valence-corrected chi connectivity index (χ1v) is 13.5. The second-order valence-electron chi connectivity index (χ2n) is 12.5. The fraction of sp³-hybridized carbons (Fsp3) is 0.467. The summed E-state index contributed by atoms with van der Waals surface area (Å²) in [5, 5.41) is 17.6. The van der Waals surface area contributed by atoms with Crippen LogP contribution in [0.25, 0.3) is 11.3 Å². The standard InChI is InChI=1S/C30H37N7O4/c1-28(2,3)40-24(38)9-12-30(7)18-37(27(39)41-29(4,5)6)25-20(17-31)15-19(16-21(25)30)22-10-13-32-26(33-22)34-23-11-14-36(8)35-23/h10-11,13-16H,9,12,18H2,1-8H3,(H,32,33,34,35)/t30-/m0/s1. The highest BCUT2D eigenvalue weighted by atomic mass is 16.6. The van der Waals surface area contributed by atoms with Crippen molar-refractivity contribution in [3.05, 3.63) is 47.8 Å². The summed E-state index contributed by atoms with van der Waals surface area (Å²) < 4.78 is 12.9. The van der Waals surface area contributed by atoms with Gasteiger partial charge in [-0.2, -0.15) is 10.4 Å². The summed E-state index contributed by atoms with van der Waals surface area (Å²) in [5.74, 6) is 0.621. The molecule has 11 nitrogen and oxygen atoms in total. The molecule has 41 heavy (non-hydrogen) atoms. The van der Waals surface area contributed by atoms with Crippen molar-refractivity contribution in [3.63, 3.8) is 0 Å². The van der Waals surface area contributed by atoms with Crippen molar-refractivity contribution in [2.75, 3.05) is 16.8 Å². The zero-order valence-corrected chi connectivity index (χ0v) is 24.9. The fourth-order valence-electron chi connectivity index (χ4n) is 4.76. The molecule has 216 valence electrons. The molecule has 0 radical (unpaired) electrons. The highest BCUT2D eigenvalue weighted by molar-refractivity contribution is 5.95. The molecule has 0 unspecified atom stereocenters. The highest BCUT2D eigenvalue weighted by Gasteiger charge is 2.45. The monoisotopic (exact) mass is 559 g/mol. The summed E-state index contributed by atoms with van der Waals surface area (Å²) in [6, 6.07) is 9.47. The number of carbonyl (C=O) groups is 2. The molecule has 1 aliphatic heterocycles. The van der Waals surface area contributed by atoms with Gasteiger partial charge in [0, 0.05) is 49.5 Å². The van der Waals surface area contributed by atoms with Crippen LogP contribution in [0.3, 0.4) is 0 Å². The molecular weight excluding hydrogens is 522 g/mol. The Morgan fingerprint density at radius 1 is 1.12 bits per heavy atom. The molecule has 0 spiro atoms. The van der Waals surface area contributed by atoms with Gasteiger partial charge in [0.25, 0.3) is 0 Å². The Labute approximate surface area is 240 Å². The minimum absolute atomic E-state index is 0.146. The average Bonchev–Trinajstić information content (AvgIpc) is 3.41. The van der Waals surface area contributed by atoms with Crippen molar-refractivity contribution >= 4 is 29.5 Å². The quantitative estimate of drug-likeness (QED) is 0.381. The summed E-state index contributed by atoms with van der Waals surface area (Å²) >= 11 is 0. The number of aromatic nitrogens is 4. The summed E-state index contributed by atoms with van der Waals surface area (Å²) in [6.07, 6.45) is 3.43. The molecule has 3 heterocycles. The minimum atomic E-state index is -0.725. The van der Waals surface area contributed by atoms with E-state index in [1.165, 1.54) is 4.90 Å². The van der Waals surface area contributed by atoms with Gasteiger partial charge in [0.15, 0.2) is 5.82 Å². The molecule has 2 aromatic heterocycles. The number of ether oxygens (including phenoxy) is 2. The van der Waals surface area contributed by atoms with Gasteiger partial charge in [-0.15, -0.1) is 0 Å². The van der Waals surface area contributed by atoms with Crippen molar-refractivity contribution in [2.45, 2.75) is 77.9 Å². The Hall–Kier alpha value is -4.46. The number of hydrogen-bond acceptors (Lipinski definition) is 9. The molecule has 3 aromatic rings. The van der Waals surface area contributed by atoms with E-state index in [4.69, 9.17) is 9.47 Å². The Balaban J connectivity index is 1.75. The van der Waals surface area contributed by atoms with Gasteiger partial charge in [0.1, 0.15) is 17.3 Å².